The quantitative estimate of drug-likeness (QED) is 0.724. The highest BCUT2D eigenvalue weighted by molar-refractivity contribution is 6.30. The first-order chi connectivity index (χ1) is 13.8. The number of rotatable bonds is 5. The van der Waals surface area contributed by atoms with E-state index in [4.69, 9.17) is 16.3 Å². The Balaban J connectivity index is 1.65. The molecule has 2 amide bonds. The number of ether oxygens (including phenoxy) is 1. The van der Waals surface area contributed by atoms with E-state index in [9.17, 15) is 9.59 Å². The van der Waals surface area contributed by atoms with Gasteiger partial charge in [-0.1, -0.05) is 37.6 Å². The summed E-state index contributed by atoms with van der Waals surface area (Å²) in [6.07, 6.45) is 1.33. The monoisotopic (exact) mass is 414 g/mol. The second-order valence-electron chi connectivity index (χ2n) is 7.81. The van der Waals surface area contributed by atoms with Crippen molar-refractivity contribution in [2.75, 3.05) is 18.4 Å². The Kier molecular flexibility index (Phi) is 6.80. The van der Waals surface area contributed by atoms with E-state index in [2.05, 4.69) is 5.32 Å². The number of para-hydroxylation sites is 2. The van der Waals surface area contributed by atoms with Crippen LogP contribution in [-0.4, -0.2) is 29.8 Å². The first-order valence-electron chi connectivity index (χ1n) is 9.97. The number of carbonyl (C=O) groups excluding carboxylic acids is 2. The van der Waals surface area contributed by atoms with Crippen LogP contribution >= 0.6 is 11.6 Å². The lowest BCUT2D eigenvalue weighted by Crippen LogP contribution is -2.43. The first kappa shape index (κ1) is 21.2. The van der Waals surface area contributed by atoms with Gasteiger partial charge in [-0.25, -0.2) is 0 Å². The van der Waals surface area contributed by atoms with Gasteiger partial charge in [0.15, 0.2) is 5.75 Å². The smallest absolute Gasteiger partial charge is 0.227 e. The maximum Gasteiger partial charge on any atom is 0.227 e. The predicted octanol–water partition coefficient (Wildman–Crippen LogP) is 5.27. The topological polar surface area (TPSA) is 58.6 Å². The molecule has 1 aliphatic heterocycles. The number of nitrogens with zero attached hydrogens (tertiary/aromatic N) is 1. The molecule has 1 saturated heterocycles. The van der Waals surface area contributed by atoms with Crippen LogP contribution in [0.5, 0.6) is 11.5 Å². The summed E-state index contributed by atoms with van der Waals surface area (Å²) in [5, 5.41) is 3.60. The molecule has 0 atom stereocenters. The highest BCUT2D eigenvalue weighted by Gasteiger charge is 2.28. The second-order valence-corrected chi connectivity index (χ2v) is 8.24. The van der Waals surface area contributed by atoms with Crippen LogP contribution < -0.4 is 10.1 Å². The summed E-state index contributed by atoms with van der Waals surface area (Å²) in [6, 6.07) is 12.9. The van der Waals surface area contributed by atoms with E-state index < -0.39 is 0 Å². The average Bonchev–Trinajstić information content (AvgIpc) is 2.68. The molecule has 1 aliphatic rings. The molecular weight excluding hydrogens is 388 g/mol. The van der Waals surface area contributed by atoms with Gasteiger partial charge in [0.25, 0.3) is 0 Å². The van der Waals surface area contributed by atoms with E-state index in [1.807, 2.05) is 62.1 Å². The summed E-state index contributed by atoms with van der Waals surface area (Å²) < 4.78 is 5.98. The zero-order valence-corrected chi connectivity index (χ0v) is 17.8. The van der Waals surface area contributed by atoms with Crippen LogP contribution in [0.15, 0.2) is 42.5 Å². The summed E-state index contributed by atoms with van der Waals surface area (Å²) in [4.78, 5) is 26.8. The molecule has 1 fully saturated rings. The van der Waals surface area contributed by atoms with Crippen molar-refractivity contribution >= 4 is 29.1 Å². The van der Waals surface area contributed by atoms with Gasteiger partial charge in [0.2, 0.25) is 11.8 Å². The highest BCUT2D eigenvalue weighted by atomic mass is 35.5. The Bertz CT molecular complexity index is 869. The molecule has 1 heterocycles. The Labute approximate surface area is 177 Å². The number of nitrogens with one attached hydrogen (secondary N) is 1. The molecule has 0 aliphatic carbocycles. The maximum absolute atomic E-state index is 12.8. The van der Waals surface area contributed by atoms with Crippen molar-refractivity contribution in [2.24, 2.45) is 11.8 Å². The Morgan fingerprint density at radius 1 is 1.14 bits per heavy atom. The molecule has 3 rings (SSSR count). The largest absolute Gasteiger partial charge is 0.455 e. The maximum atomic E-state index is 12.8. The number of hydrogen-bond acceptors (Lipinski definition) is 3. The Hall–Kier alpha value is -2.53. The molecule has 1 N–H and O–H groups in total. The summed E-state index contributed by atoms with van der Waals surface area (Å²) in [7, 11) is 0. The summed E-state index contributed by atoms with van der Waals surface area (Å²) in [5.41, 5.74) is 1.62. The van der Waals surface area contributed by atoms with Gasteiger partial charge >= 0.3 is 0 Å². The number of carbonyl (C=O) groups is 2. The SMILES string of the molecule is Cc1cc(Cl)cc(Oc2ccccc2NC(=O)C2CCN(C(=O)C(C)C)CC2)c1. The van der Waals surface area contributed by atoms with Gasteiger partial charge in [-0.3, -0.25) is 9.59 Å². The second kappa shape index (κ2) is 9.31. The molecule has 0 aromatic heterocycles. The van der Waals surface area contributed by atoms with Crippen LogP contribution in [0.1, 0.15) is 32.3 Å². The molecule has 2 aromatic rings. The van der Waals surface area contributed by atoms with Crippen molar-refractivity contribution in [3.8, 4) is 11.5 Å². The minimum atomic E-state index is -0.118. The van der Waals surface area contributed by atoms with Crippen molar-refractivity contribution in [2.45, 2.75) is 33.6 Å². The number of anilines is 1. The van der Waals surface area contributed by atoms with E-state index in [0.29, 0.717) is 48.1 Å². The van der Waals surface area contributed by atoms with Gasteiger partial charge < -0.3 is 15.0 Å². The molecule has 2 aromatic carbocycles. The lowest BCUT2D eigenvalue weighted by Gasteiger charge is -2.32. The molecular formula is C23H27ClN2O3. The average molecular weight is 415 g/mol. The molecule has 6 heteroatoms. The van der Waals surface area contributed by atoms with E-state index in [0.717, 1.165) is 5.56 Å². The minimum Gasteiger partial charge on any atom is -0.455 e. The number of likely N-dealkylation sites (tertiary alicyclic amines) is 1. The predicted molar refractivity (Wildman–Crippen MR) is 115 cm³/mol. The zero-order valence-electron chi connectivity index (χ0n) is 17.1. The third-order valence-electron chi connectivity index (χ3n) is 5.06. The van der Waals surface area contributed by atoms with E-state index in [-0.39, 0.29) is 23.7 Å². The minimum absolute atomic E-state index is 0.0143. The fourth-order valence-electron chi connectivity index (χ4n) is 3.51. The van der Waals surface area contributed by atoms with Crippen LogP contribution in [0.25, 0.3) is 0 Å². The number of halogens is 1. The van der Waals surface area contributed by atoms with Gasteiger partial charge in [0, 0.05) is 29.9 Å². The van der Waals surface area contributed by atoms with Crippen molar-refractivity contribution in [1.29, 1.82) is 0 Å². The van der Waals surface area contributed by atoms with Crippen LogP contribution in [0.2, 0.25) is 5.02 Å². The van der Waals surface area contributed by atoms with Gasteiger partial charge in [0.1, 0.15) is 5.75 Å². The van der Waals surface area contributed by atoms with Crippen LogP contribution in [-0.2, 0) is 9.59 Å². The highest BCUT2D eigenvalue weighted by Crippen LogP contribution is 2.32. The standard InChI is InChI=1S/C23H27ClN2O3/c1-15(2)23(28)26-10-8-17(9-11-26)22(27)25-20-6-4-5-7-21(20)29-19-13-16(3)12-18(24)14-19/h4-7,12-15,17H,8-11H2,1-3H3,(H,25,27). The Morgan fingerprint density at radius 2 is 1.83 bits per heavy atom. The van der Waals surface area contributed by atoms with E-state index >= 15 is 0 Å². The van der Waals surface area contributed by atoms with Gasteiger partial charge in [-0.15, -0.1) is 0 Å². The molecule has 0 radical (unpaired) electrons. The summed E-state index contributed by atoms with van der Waals surface area (Å²) in [5.74, 6) is 1.17. The third-order valence-corrected chi connectivity index (χ3v) is 5.28. The van der Waals surface area contributed by atoms with Crippen LogP contribution in [0, 0.1) is 18.8 Å². The molecule has 0 unspecified atom stereocenters. The van der Waals surface area contributed by atoms with Crippen LogP contribution in [0.4, 0.5) is 5.69 Å². The molecule has 5 nitrogen and oxygen atoms in total. The van der Waals surface area contributed by atoms with Crippen molar-refractivity contribution in [3.05, 3.63) is 53.1 Å². The van der Waals surface area contributed by atoms with Crippen molar-refractivity contribution < 1.29 is 14.3 Å². The fraction of sp³-hybridized carbons (Fsp3) is 0.391. The number of amides is 2. The molecule has 29 heavy (non-hydrogen) atoms. The van der Waals surface area contributed by atoms with Gasteiger partial charge in [0.05, 0.1) is 5.69 Å². The lowest BCUT2D eigenvalue weighted by atomic mass is 9.95. The normalized spacial score (nSPS) is 14.7. The number of aryl methyl sites for hydroxylation is 1. The van der Waals surface area contributed by atoms with Gasteiger partial charge in [-0.2, -0.15) is 0 Å². The molecule has 154 valence electrons. The van der Waals surface area contributed by atoms with E-state index in [1.165, 1.54) is 0 Å². The molecule has 0 spiro atoms. The third kappa shape index (κ3) is 5.51. The molecule has 0 bridgehead atoms. The zero-order chi connectivity index (χ0) is 21.0. The summed E-state index contributed by atoms with van der Waals surface area (Å²) >= 11 is 6.12. The van der Waals surface area contributed by atoms with Crippen molar-refractivity contribution in [3.63, 3.8) is 0 Å². The lowest BCUT2D eigenvalue weighted by molar-refractivity contribution is -0.137. The fourth-order valence-corrected chi connectivity index (χ4v) is 3.79. The first-order valence-corrected chi connectivity index (χ1v) is 10.3. The number of benzene rings is 2. The van der Waals surface area contributed by atoms with E-state index in [1.54, 1.807) is 6.07 Å². The van der Waals surface area contributed by atoms with Crippen LogP contribution in [0.3, 0.4) is 0 Å². The van der Waals surface area contributed by atoms with Gasteiger partial charge in [-0.05, 0) is 55.7 Å². The number of piperidine rings is 1. The molecule has 0 saturated carbocycles. The Morgan fingerprint density at radius 3 is 2.48 bits per heavy atom. The number of hydrogen-bond donors (Lipinski definition) is 1. The summed E-state index contributed by atoms with van der Waals surface area (Å²) in [6.45, 7) is 6.99. The van der Waals surface area contributed by atoms with Crippen molar-refractivity contribution in [1.82, 2.24) is 4.90 Å².